The fourth-order valence-corrected chi connectivity index (χ4v) is 2.07. The summed E-state index contributed by atoms with van der Waals surface area (Å²) in [4.78, 5) is 22.8. The Labute approximate surface area is 123 Å². The molecule has 20 heavy (non-hydrogen) atoms. The minimum atomic E-state index is -1.10. The molecule has 104 valence electrons. The highest BCUT2D eigenvalue weighted by Crippen LogP contribution is 2.30. The topological polar surface area (TPSA) is 84.2 Å². The third-order valence-electron chi connectivity index (χ3n) is 2.44. The molecule has 1 heterocycles. The number of nitrogens with zero attached hydrogens (tertiary/aromatic N) is 2. The average molecular weight is 314 g/mol. The largest absolute Gasteiger partial charge is 0.480 e. The number of aliphatic carboxylic acids is 1. The lowest BCUT2D eigenvalue weighted by molar-refractivity contribution is -0.137. The van der Waals surface area contributed by atoms with Crippen molar-refractivity contribution in [2.45, 2.75) is 6.54 Å². The number of para-hydroxylation sites is 1. The van der Waals surface area contributed by atoms with Gasteiger partial charge in [0.05, 0.1) is 15.7 Å². The summed E-state index contributed by atoms with van der Waals surface area (Å²) in [5, 5.41) is 15.6. The predicted molar refractivity (Wildman–Crippen MR) is 74.3 cm³/mol. The zero-order chi connectivity index (χ0) is 14.7. The molecule has 1 amide bonds. The SMILES string of the molecule is O=C(O)Cn1nccc1C(=O)Nc1c(Cl)cccc1Cl. The Morgan fingerprint density at radius 3 is 2.50 bits per heavy atom. The first-order valence-electron chi connectivity index (χ1n) is 5.48. The molecule has 2 N–H and O–H groups in total. The van der Waals surface area contributed by atoms with Crippen LogP contribution in [0, 0.1) is 0 Å². The number of hydrogen-bond donors (Lipinski definition) is 2. The van der Waals surface area contributed by atoms with Gasteiger partial charge in [-0.25, -0.2) is 4.68 Å². The molecule has 0 saturated heterocycles. The third kappa shape index (κ3) is 3.09. The van der Waals surface area contributed by atoms with Crippen molar-refractivity contribution in [1.29, 1.82) is 0 Å². The van der Waals surface area contributed by atoms with Crippen molar-refractivity contribution in [2.75, 3.05) is 5.32 Å². The van der Waals surface area contributed by atoms with E-state index >= 15 is 0 Å². The number of hydrogen-bond acceptors (Lipinski definition) is 3. The number of anilines is 1. The summed E-state index contributed by atoms with van der Waals surface area (Å²) in [6.45, 7) is -0.411. The molecule has 0 radical (unpaired) electrons. The van der Waals surface area contributed by atoms with E-state index in [0.717, 1.165) is 4.68 Å². The van der Waals surface area contributed by atoms with Crippen LogP contribution in [-0.2, 0) is 11.3 Å². The van der Waals surface area contributed by atoms with Gasteiger partial charge in [0.25, 0.3) is 5.91 Å². The lowest BCUT2D eigenvalue weighted by atomic mass is 10.3. The van der Waals surface area contributed by atoms with Crippen LogP contribution in [0.2, 0.25) is 10.0 Å². The minimum absolute atomic E-state index is 0.100. The highest BCUT2D eigenvalue weighted by molar-refractivity contribution is 6.40. The van der Waals surface area contributed by atoms with Gasteiger partial charge in [-0.3, -0.25) is 9.59 Å². The first-order valence-corrected chi connectivity index (χ1v) is 6.23. The van der Waals surface area contributed by atoms with Crippen molar-refractivity contribution in [3.8, 4) is 0 Å². The zero-order valence-corrected chi connectivity index (χ0v) is 11.5. The molecule has 1 aromatic carbocycles. The molecule has 8 heteroatoms. The summed E-state index contributed by atoms with van der Waals surface area (Å²) in [5.74, 6) is -1.64. The smallest absolute Gasteiger partial charge is 0.325 e. The number of carbonyl (C=O) groups is 2. The summed E-state index contributed by atoms with van der Waals surface area (Å²) in [6, 6.07) is 6.22. The lowest BCUT2D eigenvalue weighted by Crippen LogP contribution is -2.21. The monoisotopic (exact) mass is 313 g/mol. The summed E-state index contributed by atoms with van der Waals surface area (Å²) in [7, 11) is 0. The Morgan fingerprint density at radius 2 is 1.90 bits per heavy atom. The van der Waals surface area contributed by atoms with Gasteiger partial charge >= 0.3 is 5.97 Å². The molecular weight excluding hydrogens is 305 g/mol. The molecule has 0 atom stereocenters. The number of nitrogens with one attached hydrogen (secondary N) is 1. The van der Waals surface area contributed by atoms with Crippen molar-refractivity contribution < 1.29 is 14.7 Å². The van der Waals surface area contributed by atoms with Crippen LogP contribution in [0.15, 0.2) is 30.5 Å². The second kappa shape index (κ2) is 5.94. The van der Waals surface area contributed by atoms with E-state index in [9.17, 15) is 9.59 Å². The zero-order valence-electron chi connectivity index (χ0n) is 10.0. The van der Waals surface area contributed by atoms with Gasteiger partial charge in [-0.15, -0.1) is 0 Å². The molecule has 2 rings (SSSR count). The number of aromatic nitrogens is 2. The first kappa shape index (κ1) is 14.4. The maximum Gasteiger partial charge on any atom is 0.325 e. The van der Waals surface area contributed by atoms with E-state index in [1.54, 1.807) is 18.2 Å². The van der Waals surface area contributed by atoms with E-state index in [2.05, 4.69) is 10.4 Å². The second-order valence-electron chi connectivity index (χ2n) is 3.82. The average Bonchev–Trinajstić information content (AvgIpc) is 2.81. The Bertz CT molecular complexity index is 649. The van der Waals surface area contributed by atoms with Crippen LogP contribution in [0.25, 0.3) is 0 Å². The van der Waals surface area contributed by atoms with E-state index in [-0.39, 0.29) is 21.4 Å². The van der Waals surface area contributed by atoms with Gasteiger partial charge in [0.15, 0.2) is 0 Å². The quantitative estimate of drug-likeness (QED) is 0.908. The van der Waals surface area contributed by atoms with Gasteiger partial charge in [-0.05, 0) is 18.2 Å². The van der Waals surface area contributed by atoms with Gasteiger partial charge in [-0.2, -0.15) is 5.10 Å². The Morgan fingerprint density at radius 1 is 1.25 bits per heavy atom. The predicted octanol–water partition coefficient (Wildman–Crippen LogP) is 2.53. The summed E-state index contributed by atoms with van der Waals surface area (Å²) < 4.78 is 1.07. The van der Waals surface area contributed by atoms with Crippen LogP contribution < -0.4 is 5.32 Å². The maximum absolute atomic E-state index is 12.1. The van der Waals surface area contributed by atoms with Crippen LogP contribution in [-0.4, -0.2) is 26.8 Å². The number of carboxylic acids is 1. The van der Waals surface area contributed by atoms with Crippen LogP contribution in [0.4, 0.5) is 5.69 Å². The van der Waals surface area contributed by atoms with Crippen molar-refractivity contribution >= 4 is 40.8 Å². The normalized spacial score (nSPS) is 10.3. The molecular formula is C12H9Cl2N3O3. The molecule has 0 aliphatic carbocycles. The van der Waals surface area contributed by atoms with Crippen LogP contribution >= 0.6 is 23.2 Å². The highest BCUT2D eigenvalue weighted by atomic mass is 35.5. The van der Waals surface area contributed by atoms with E-state index in [1.165, 1.54) is 12.3 Å². The van der Waals surface area contributed by atoms with Crippen molar-refractivity contribution in [3.05, 3.63) is 46.2 Å². The van der Waals surface area contributed by atoms with Gasteiger partial charge < -0.3 is 10.4 Å². The van der Waals surface area contributed by atoms with Crippen LogP contribution in [0.3, 0.4) is 0 Å². The molecule has 0 aliphatic heterocycles. The van der Waals surface area contributed by atoms with Crippen LogP contribution in [0.5, 0.6) is 0 Å². The minimum Gasteiger partial charge on any atom is -0.480 e. The Balaban J connectivity index is 2.25. The Kier molecular flexibility index (Phi) is 4.26. The van der Waals surface area contributed by atoms with Crippen molar-refractivity contribution in [3.63, 3.8) is 0 Å². The van der Waals surface area contributed by atoms with E-state index in [1.807, 2.05) is 0 Å². The molecule has 0 aliphatic rings. The van der Waals surface area contributed by atoms with Gasteiger partial charge in [-0.1, -0.05) is 29.3 Å². The summed E-state index contributed by atoms with van der Waals surface area (Å²) >= 11 is 11.9. The van der Waals surface area contributed by atoms with Crippen molar-refractivity contribution in [1.82, 2.24) is 9.78 Å². The molecule has 0 fully saturated rings. The summed E-state index contributed by atoms with van der Waals surface area (Å²) in [6.07, 6.45) is 1.34. The molecule has 0 unspecified atom stereocenters. The van der Waals surface area contributed by atoms with Gasteiger partial charge in [0, 0.05) is 6.20 Å². The standard InChI is InChI=1S/C12H9Cl2N3O3/c13-7-2-1-3-8(14)11(7)16-12(20)9-4-5-15-17(9)6-10(18)19/h1-5H,6H2,(H,16,20)(H,18,19). The first-order chi connectivity index (χ1) is 9.49. The second-order valence-corrected chi connectivity index (χ2v) is 4.63. The fourth-order valence-electron chi connectivity index (χ4n) is 1.57. The molecule has 1 aromatic heterocycles. The number of carboxylic acid groups (broad SMARTS) is 1. The number of carbonyl (C=O) groups excluding carboxylic acids is 1. The Hall–Kier alpha value is -2.05. The van der Waals surface area contributed by atoms with E-state index in [4.69, 9.17) is 28.3 Å². The fraction of sp³-hybridized carbons (Fsp3) is 0.0833. The molecule has 0 saturated carbocycles. The number of rotatable bonds is 4. The van der Waals surface area contributed by atoms with Gasteiger partial charge in [0.2, 0.25) is 0 Å². The molecule has 6 nitrogen and oxygen atoms in total. The summed E-state index contributed by atoms with van der Waals surface area (Å²) in [5.41, 5.74) is 0.368. The lowest BCUT2D eigenvalue weighted by Gasteiger charge is -2.09. The number of halogens is 2. The molecule has 0 spiro atoms. The van der Waals surface area contributed by atoms with E-state index < -0.39 is 18.4 Å². The van der Waals surface area contributed by atoms with E-state index in [0.29, 0.717) is 0 Å². The van der Waals surface area contributed by atoms with Crippen LogP contribution in [0.1, 0.15) is 10.5 Å². The van der Waals surface area contributed by atoms with Crippen molar-refractivity contribution in [2.24, 2.45) is 0 Å². The van der Waals surface area contributed by atoms with Gasteiger partial charge in [0.1, 0.15) is 12.2 Å². The number of amides is 1. The third-order valence-corrected chi connectivity index (χ3v) is 3.07. The molecule has 0 bridgehead atoms. The molecule has 2 aromatic rings. The maximum atomic E-state index is 12.1. The number of benzene rings is 1. The highest BCUT2D eigenvalue weighted by Gasteiger charge is 2.16.